The molecule has 1 N–H and O–H groups in total. The molecule has 1 aromatic heterocycles. The van der Waals surface area contributed by atoms with E-state index in [1.807, 2.05) is 42.5 Å². The van der Waals surface area contributed by atoms with Crippen LogP contribution in [0.25, 0.3) is 16.9 Å². The topological polar surface area (TPSA) is 55.1 Å². The normalized spacial score (nSPS) is 10.6. The number of carbonyl (C=O) groups is 1. The van der Waals surface area contributed by atoms with Crippen molar-refractivity contribution in [2.45, 2.75) is 6.42 Å². The Morgan fingerprint density at radius 3 is 2.41 bits per heavy atom. The smallest absolute Gasteiger partial charge is 0.309 e. The first-order valence-corrected chi connectivity index (χ1v) is 7.13. The summed E-state index contributed by atoms with van der Waals surface area (Å²) in [6.07, 6.45) is -0.111. The zero-order chi connectivity index (χ0) is 15.5. The predicted molar refractivity (Wildman–Crippen MR) is 85.3 cm³/mol. The van der Waals surface area contributed by atoms with Crippen LogP contribution in [0.5, 0.6) is 0 Å². The summed E-state index contributed by atoms with van der Waals surface area (Å²) in [5, 5.41) is 14.0. The van der Waals surface area contributed by atoms with Crippen molar-refractivity contribution in [1.82, 2.24) is 9.78 Å². The van der Waals surface area contributed by atoms with Gasteiger partial charge in [-0.2, -0.15) is 5.10 Å². The van der Waals surface area contributed by atoms with Gasteiger partial charge >= 0.3 is 5.97 Å². The lowest BCUT2D eigenvalue weighted by atomic mass is 10.1. The van der Waals surface area contributed by atoms with E-state index in [9.17, 15) is 4.79 Å². The molecule has 110 valence electrons. The molecule has 5 heteroatoms. The lowest BCUT2D eigenvalue weighted by Gasteiger charge is -2.07. The van der Waals surface area contributed by atoms with Crippen molar-refractivity contribution >= 4 is 17.6 Å². The summed E-state index contributed by atoms with van der Waals surface area (Å²) in [6.45, 7) is 0. The number of rotatable bonds is 4. The Labute approximate surface area is 132 Å². The van der Waals surface area contributed by atoms with Gasteiger partial charge in [0.1, 0.15) is 0 Å². The Hall–Kier alpha value is -2.59. The van der Waals surface area contributed by atoms with Crippen LogP contribution in [0.15, 0.2) is 60.7 Å². The van der Waals surface area contributed by atoms with Gasteiger partial charge in [0, 0.05) is 10.6 Å². The second-order valence-corrected chi connectivity index (χ2v) is 5.28. The largest absolute Gasteiger partial charge is 0.481 e. The van der Waals surface area contributed by atoms with Crippen molar-refractivity contribution < 1.29 is 9.90 Å². The van der Waals surface area contributed by atoms with Gasteiger partial charge in [0.25, 0.3) is 0 Å². The van der Waals surface area contributed by atoms with Gasteiger partial charge in [-0.3, -0.25) is 4.79 Å². The van der Waals surface area contributed by atoms with Gasteiger partial charge in [0.05, 0.1) is 23.5 Å². The van der Waals surface area contributed by atoms with Gasteiger partial charge in [0.2, 0.25) is 0 Å². The summed E-state index contributed by atoms with van der Waals surface area (Å²) < 4.78 is 1.74. The number of nitrogens with zero attached hydrogens (tertiary/aromatic N) is 2. The summed E-state index contributed by atoms with van der Waals surface area (Å²) >= 11 is 5.92. The molecule has 0 aliphatic rings. The highest BCUT2D eigenvalue weighted by Gasteiger charge is 2.13. The first kappa shape index (κ1) is 14.4. The van der Waals surface area contributed by atoms with Crippen molar-refractivity contribution in [1.29, 1.82) is 0 Å². The van der Waals surface area contributed by atoms with Gasteiger partial charge < -0.3 is 5.11 Å². The monoisotopic (exact) mass is 312 g/mol. The summed E-state index contributed by atoms with van der Waals surface area (Å²) in [4.78, 5) is 10.9. The molecule has 3 rings (SSSR count). The first-order valence-electron chi connectivity index (χ1n) is 6.75. The van der Waals surface area contributed by atoms with Crippen LogP contribution in [0.3, 0.4) is 0 Å². The number of carboxylic acid groups (broad SMARTS) is 1. The Kier molecular flexibility index (Phi) is 3.94. The number of halogens is 1. The number of hydrogen-bond acceptors (Lipinski definition) is 2. The molecule has 0 amide bonds. The molecule has 0 aliphatic heterocycles. The fourth-order valence-corrected chi connectivity index (χ4v) is 2.39. The van der Waals surface area contributed by atoms with E-state index >= 15 is 0 Å². The highest BCUT2D eigenvalue weighted by Crippen LogP contribution is 2.25. The van der Waals surface area contributed by atoms with Crippen molar-refractivity contribution in [3.63, 3.8) is 0 Å². The van der Waals surface area contributed by atoms with Gasteiger partial charge in [-0.15, -0.1) is 0 Å². The molecule has 22 heavy (non-hydrogen) atoms. The average Bonchev–Trinajstić information content (AvgIpc) is 2.92. The van der Waals surface area contributed by atoms with Crippen LogP contribution in [-0.2, 0) is 11.2 Å². The highest BCUT2D eigenvalue weighted by molar-refractivity contribution is 6.30. The number of benzene rings is 2. The SMILES string of the molecule is O=C(O)Cc1cc(-c2ccccc2)n(-c2ccc(Cl)cc2)n1. The quantitative estimate of drug-likeness (QED) is 0.796. The summed E-state index contributed by atoms with van der Waals surface area (Å²) in [5.74, 6) is -0.902. The molecule has 0 atom stereocenters. The fourth-order valence-electron chi connectivity index (χ4n) is 2.27. The van der Waals surface area contributed by atoms with Crippen molar-refractivity contribution in [2.24, 2.45) is 0 Å². The van der Waals surface area contributed by atoms with E-state index in [2.05, 4.69) is 5.10 Å². The number of carboxylic acids is 1. The molecule has 0 aliphatic carbocycles. The van der Waals surface area contributed by atoms with E-state index in [0.29, 0.717) is 10.7 Å². The molecule has 3 aromatic rings. The van der Waals surface area contributed by atoms with Crippen LogP contribution in [0.2, 0.25) is 5.02 Å². The molecular weight excluding hydrogens is 300 g/mol. The molecule has 0 saturated carbocycles. The van der Waals surface area contributed by atoms with Crippen LogP contribution < -0.4 is 0 Å². The van der Waals surface area contributed by atoms with Crippen molar-refractivity contribution in [3.05, 3.63) is 71.4 Å². The van der Waals surface area contributed by atoms with E-state index in [1.165, 1.54) is 0 Å². The molecule has 0 saturated heterocycles. The van der Waals surface area contributed by atoms with Gasteiger partial charge in [-0.05, 0) is 30.3 Å². The second kappa shape index (κ2) is 6.03. The number of aliphatic carboxylic acids is 1. The minimum atomic E-state index is -0.902. The maximum atomic E-state index is 10.9. The van der Waals surface area contributed by atoms with Crippen LogP contribution in [0, 0.1) is 0 Å². The third-order valence-electron chi connectivity index (χ3n) is 3.23. The number of hydrogen-bond donors (Lipinski definition) is 1. The molecule has 2 aromatic carbocycles. The maximum absolute atomic E-state index is 10.9. The summed E-state index contributed by atoms with van der Waals surface area (Å²) in [6, 6.07) is 18.8. The fraction of sp³-hybridized carbons (Fsp3) is 0.0588. The predicted octanol–water partition coefficient (Wildman–Crippen LogP) is 3.82. The Morgan fingerprint density at radius 2 is 1.77 bits per heavy atom. The van der Waals surface area contributed by atoms with Crippen LogP contribution in [-0.4, -0.2) is 20.9 Å². The molecule has 0 radical (unpaired) electrons. The van der Waals surface area contributed by atoms with Crippen molar-refractivity contribution in [3.8, 4) is 16.9 Å². The zero-order valence-electron chi connectivity index (χ0n) is 11.6. The molecule has 0 unspecified atom stereocenters. The molecule has 0 spiro atoms. The summed E-state index contributed by atoms with van der Waals surface area (Å²) in [7, 11) is 0. The lowest BCUT2D eigenvalue weighted by molar-refractivity contribution is -0.136. The summed E-state index contributed by atoms with van der Waals surface area (Å²) in [5.41, 5.74) is 3.17. The Morgan fingerprint density at radius 1 is 1.09 bits per heavy atom. The van der Waals surface area contributed by atoms with E-state index < -0.39 is 5.97 Å². The molecule has 1 heterocycles. The molecule has 0 fully saturated rings. The average molecular weight is 313 g/mol. The minimum absolute atomic E-state index is 0.111. The third-order valence-corrected chi connectivity index (χ3v) is 3.49. The van der Waals surface area contributed by atoms with E-state index in [4.69, 9.17) is 16.7 Å². The number of aromatic nitrogens is 2. The van der Waals surface area contributed by atoms with E-state index in [-0.39, 0.29) is 6.42 Å². The second-order valence-electron chi connectivity index (χ2n) is 4.85. The van der Waals surface area contributed by atoms with E-state index in [0.717, 1.165) is 16.9 Å². The van der Waals surface area contributed by atoms with Crippen molar-refractivity contribution in [2.75, 3.05) is 0 Å². The first-order chi connectivity index (χ1) is 10.6. The highest BCUT2D eigenvalue weighted by atomic mass is 35.5. The maximum Gasteiger partial charge on any atom is 0.309 e. The van der Waals surface area contributed by atoms with Gasteiger partial charge in [0.15, 0.2) is 0 Å². The molecule has 0 bridgehead atoms. The molecule has 4 nitrogen and oxygen atoms in total. The Balaban J connectivity index is 2.12. The Bertz CT molecular complexity index is 795. The van der Waals surface area contributed by atoms with Crippen LogP contribution >= 0.6 is 11.6 Å². The molecular formula is C17H13ClN2O2. The third kappa shape index (κ3) is 3.02. The standard InChI is InChI=1S/C17H13ClN2O2/c18-13-6-8-15(9-7-13)20-16(12-4-2-1-3-5-12)10-14(19-20)11-17(21)22/h1-10H,11H2,(H,21,22). The minimum Gasteiger partial charge on any atom is -0.481 e. The lowest BCUT2D eigenvalue weighted by Crippen LogP contribution is -2.03. The van der Waals surface area contributed by atoms with E-state index in [1.54, 1.807) is 22.9 Å². The van der Waals surface area contributed by atoms with Gasteiger partial charge in [-0.25, -0.2) is 4.68 Å². The van der Waals surface area contributed by atoms with Gasteiger partial charge in [-0.1, -0.05) is 41.9 Å². The zero-order valence-corrected chi connectivity index (χ0v) is 12.4. The van der Waals surface area contributed by atoms with Crippen LogP contribution in [0.1, 0.15) is 5.69 Å². The van der Waals surface area contributed by atoms with Crippen LogP contribution in [0.4, 0.5) is 0 Å².